The first-order chi connectivity index (χ1) is 7.56. The van der Waals surface area contributed by atoms with Gasteiger partial charge in [-0.2, -0.15) is 0 Å². The van der Waals surface area contributed by atoms with E-state index in [0.29, 0.717) is 16.3 Å². The standard InChI is InChI=1S/C12H17ClN2O/c1-3-4-7-15(2)12(16)10-6-5-9(14)8-11(10)13/h5-6,8H,3-4,7,14H2,1-2H3. The lowest BCUT2D eigenvalue weighted by molar-refractivity contribution is 0.0793. The molecule has 1 amide bonds. The fraction of sp³-hybridized carbons (Fsp3) is 0.417. The lowest BCUT2D eigenvalue weighted by Gasteiger charge is -2.17. The molecule has 1 aromatic rings. The Labute approximate surface area is 101 Å². The topological polar surface area (TPSA) is 46.3 Å². The van der Waals surface area contributed by atoms with Crippen LogP contribution in [0, 0.1) is 0 Å². The van der Waals surface area contributed by atoms with Crippen LogP contribution in [0.5, 0.6) is 0 Å². The summed E-state index contributed by atoms with van der Waals surface area (Å²) < 4.78 is 0. The number of benzene rings is 1. The van der Waals surface area contributed by atoms with Crippen molar-refractivity contribution in [1.82, 2.24) is 4.90 Å². The van der Waals surface area contributed by atoms with Crippen molar-refractivity contribution < 1.29 is 4.79 Å². The van der Waals surface area contributed by atoms with Crippen LogP contribution in [0.15, 0.2) is 18.2 Å². The lowest BCUT2D eigenvalue weighted by atomic mass is 10.1. The third-order valence-corrected chi connectivity index (χ3v) is 2.73. The minimum absolute atomic E-state index is 0.0570. The zero-order valence-corrected chi connectivity index (χ0v) is 10.4. The van der Waals surface area contributed by atoms with Gasteiger partial charge in [0.2, 0.25) is 0 Å². The summed E-state index contributed by atoms with van der Waals surface area (Å²) in [4.78, 5) is 13.7. The van der Waals surface area contributed by atoms with Crippen molar-refractivity contribution in [3.8, 4) is 0 Å². The lowest BCUT2D eigenvalue weighted by Crippen LogP contribution is -2.27. The number of rotatable bonds is 4. The Kier molecular flexibility index (Phi) is 4.62. The molecule has 88 valence electrons. The van der Waals surface area contributed by atoms with Crippen molar-refractivity contribution in [2.75, 3.05) is 19.3 Å². The van der Waals surface area contributed by atoms with Crippen LogP contribution in [0.4, 0.5) is 5.69 Å². The molecule has 0 bridgehead atoms. The summed E-state index contributed by atoms with van der Waals surface area (Å²) in [5.41, 5.74) is 6.65. The van der Waals surface area contributed by atoms with Gasteiger partial charge in [0.1, 0.15) is 0 Å². The van der Waals surface area contributed by atoms with E-state index in [2.05, 4.69) is 6.92 Å². The van der Waals surface area contributed by atoms with Gasteiger partial charge >= 0.3 is 0 Å². The fourth-order valence-corrected chi connectivity index (χ4v) is 1.68. The highest BCUT2D eigenvalue weighted by Crippen LogP contribution is 2.20. The Hall–Kier alpha value is -1.22. The van der Waals surface area contributed by atoms with Gasteiger partial charge in [-0.15, -0.1) is 0 Å². The van der Waals surface area contributed by atoms with Crippen LogP contribution in [-0.2, 0) is 0 Å². The van der Waals surface area contributed by atoms with Crippen LogP contribution in [0.25, 0.3) is 0 Å². The first kappa shape index (κ1) is 12.8. The van der Waals surface area contributed by atoms with Gasteiger partial charge in [0.25, 0.3) is 5.91 Å². The van der Waals surface area contributed by atoms with Gasteiger partial charge in [-0.05, 0) is 24.6 Å². The Morgan fingerprint density at radius 1 is 1.50 bits per heavy atom. The molecule has 0 saturated heterocycles. The molecule has 0 atom stereocenters. The molecular weight excluding hydrogens is 224 g/mol. The smallest absolute Gasteiger partial charge is 0.255 e. The molecule has 3 nitrogen and oxygen atoms in total. The number of hydrogen-bond donors (Lipinski definition) is 1. The Balaban J connectivity index is 2.79. The van der Waals surface area contributed by atoms with E-state index in [0.717, 1.165) is 19.4 Å². The van der Waals surface area contributed by atoms with Crippen LogP contribution in [0.1, 0.15) is 30.1 Å². The maximum absolute atomic E-state index is 12.0. The Morgan fingerprint density at radius 3 is 2.75 bits per heavy atom. The predicted octanol–water partition coefficient (Wildman–Crippen LogP) is 2.79. The molecule has 0 aliphatic carbocycles. The van der Waals surface area contributed by atoms with Crippen molar-refractivity contribution in [3.05, 3.63) is 28.8 Å². The maximum Gasteiger partial charge on any atom is 0.255 e. The normalized spacial score (nSPS) is 10.2. The maximum atomic E-state index is 12.0. The Bertz CT molecular complexity index is 379. The van der Waals surface area contributed by atoms with Crippen molar-refractivity contribution in [1.29, 1.82) is 0 Å². The number of anilines is 1. The summed E-state index contributed by atoms with van der Waals surface area (Å²) in [6.45, 7) is 2.84. The van der Waals surface area contributed by atoms with Gasteiger partial charge in [0.05, 0.1) is 10.6 Å². The fourth-order valence-electron chi connectivity index (χ4n) is 1.41. The van der Waals surface area contributed by atoms with E-state index in [-0.39, 0.29) is 5.91 Å². The summed E-state index contributed by atoms with van der Waals surface area (Å²) in [6.07, 6.45) is 2.06. The third-order valence-electron chi connectivity index (χ3n) is 2.42. The highest BCUT2D eigenvalue weighted by molar-refractivity contribution is 6.34. The summed E-state index contributed by atoms with van der Waals surface area (Å²) in [5.74, 6) is -0.0570. The number of amides is 1. The molecular formula is C12H17ClN2O. The van der Waals surface area contributed by atoms with Gasteiger partial charge in [-0.25, -0.2) is 0 Å². The van der Waals surface area contributed by atoms with Gasteiger partial charge in [0.15, 0.2) is 0 Å². The molecule has 2 N–H and O–H groups in total. The molecule has 0 aromatic heterocycles. The minimum atomic E-state index is -0.0570. The average Bonchev–Trinajstić information content (AvgIpc) is 2.25. The summed E-state index contributed by atoms with van der Waals surface area (Å²) in [6, 6.07) is 4.96. The first-order valence-corrected chi connectivity index (χ1v) is 5.74. The zero-order chi connectivity index (χ0) is 12.1. The van der Waals surface area contributed by atoms with Crippen LogP contribution >= 0.6 is 11.6 Å². The van der Waals surface area contributed by atoms with Crippen LogP contribution < -0.4 is 5.73 Å². The number of nitrogens with zero attached hydrogens (tertiary/aromatic N) is 1. The molecule has 1 rings (SSSR count). The van der Waals surface area contributed by atoms with Gasteiger partial charge in [-0.3, -0.25) is 4.79 Å². The number of carbonyl (C=O) groups is 1. The number of unbranched alkanes of at least 4 members (excludes halogenated alkanes) is 1. The number of hydrogen-bond acceptors (Lipinski definition) is 2. The minimum Gasteiger partial charge on any atom is -0.399 e. The SMILES string of the molecule is CCCCN(C)C(=O)c1ccc(N)cc1Cl. The van der Waals surface area contributed by atoms with E-state index >= 15 is 0 Å². The zero-order valence-electron chi connectivity index (χ0n) is 9.66. The van der Waals surface area contributed by atoms with Crippen molar-refractivity contribution in [2.45, 2.75) is 19.8 Å². The number of halogens is 1. The van der Waals surface area contributed by atoms with Gasteiger partial charge in [-0.1, -0.05) is 24.9 Å². The summed E-state index contributed by atoms with van der Waals surface area (Å²) in [7, 11) is 1.78. The monoisotopic (exact) mass is 240 g/mol. The molecule has 0 spiro atoms. The molecule has 0 unspecified atom stereocenters. The summed E-state index contributed by atoms with van der Waals surface area (Å²) >= 11 is 5.97. The largest absolute Gasteiger partial charge is 0.399 e. The van der Waals surface area contributed by atoms with E-state index < -0.39 is 0 Å². The number of carbonyl (C=O) groups excluding carboxylic acids is 1. The van der Waals surface area contributed by atoms with Gasteiger partial charge in [0, 0.05) is 19.3 Å². The molecule has 16 heavy (non-hydrogen) atoms. The van der Waals surface area contributed by atoms with E-state index in [1.54, 1.807) is 30.1 Å². The van der Waals surface area contributed by atoms with Crippen LogP contribution in [0.3, 0.4) is 0 Å². The molecule has 0 saturated carbocycles. The highest BCUT2D eigenvalue weighted by Gasteiger charge is 2.14. The Morgan fingerprint density at radius 2 is 2.19 bits per heavy atom. The van der Waals surface area contributed by atoms with Gasteiger partial charge < -0.3 is 10.6 Å². The van der Waals surface area contributed by atoms with E-state index in [4.69, 9.17) is 17.3 Å². The highest BCUT2D eigenvalue weighted by atomic mass is 35.5. The van der Waals surface area contributed by atoms with Crippen LogP contribution in [-0.4, -0.2) is 24.4 Å². The van der Waals surface area contributed by atoms with E-state index in [1.807, 2.05) is 0 Å². The van der Waals surface area contributed by atoms with Crippen molar-refractivity contribution in [2.24, 2.45) is 0 Å². The molecule has 0 radical (unpaired) electrons. The predicted molar refractivity (Wildman–Crippen MR) is 67.7 cm³/mol. The van der Waals surface area contributed by atoms with Crippen LogP contribution in [0.2, 0.25) is 5.02 Å². The number of nitrogen functional groups attached to an aromatic ring is 1. The molecule has 1 aromatic carbocycles. The first-order valence-electron chi connectivity index (χ1n) is 5.36. The summed E-state index contributed by atoms with van der Waals surface area (Å²) in [5, 5.41) is 0.411. The molecule has 0 heterocycles. The van der Waals surface area contributed by atoms with Crippen molar-refractivity contribution in [3.63, 3.8) is 0 Å². The van der Waals surface area contributed by atoms with E-state index in [1.165, 1.54) is 0 Å². The second-order valence-electron chi connectivity index (χ2n) is 3.82. The molecule has 0 aliphatic heterocycles. The molecule has 0 aliphatic rings. The van der Waals surface area contributed by atoms with Crippen molar-refractivity contribution >= 4 is 23.2 Å². The molecule has 0 fully saturated rings. The number of nitrogens with two attached hydrogens (primary N) is 1. The molecule has 4 heteroatoms. The second-order valence-corrected chi connectivity index (χ2v) is 4.23. The van der Waals surface area contributed by atoms with E-state index in [9.17, 15) is 4.79 Å². The average molecular weight is 241 g/mol. The third kappa shape index (κ3) is 3.14. The second kappa shape index (κ2) is 5.75. The quantitative estimate of drug-likeness (QED) is 0.823.